The van der Waals surface area contributed by atoms with Crippen LogP contribution in [0, 0.1) is 0 Å². The van der Waals surface area contributed by atoms with Gasteiger partial charge in [0.15, 0.2) is 0 Å². The number of rotatable bonds is 9. The van der Waals surface area contributed by atoms with Gasteiger partial charge in [0.05, 0.1) is 17.6 Å². The van der Waals surface area contributed by atoms with E-state index in [0.717, 1.165) is 32.1 Å². The maximum atomic E-state index is 14.5. The Balaban J connectivity index is 2.46. The lowest BCUT2D eigenvalue weighted by Gasteiger charge is -2.34. The second-order valence-corrected chi connectivity index (χ2v) is 8.00. The van der Waals surface area contributed by atoms with Gasteiger partial charge < -0.3 is 5.32 Å². The highest BCUT2D eigenvalue weighted by molar-refractivity contribution is 7.07. The predicted molar refractivity (Wildman–Crippen MR) is 119 cm³/mol. The lowest BCUT2D eigenvalue weighted by Crippen LogP contribution is -2.52. The fraction of sp³-hybridized carbons (Fsp3) is 0.435. The quantitative estimate of drug-likeness (QED) is 0.569. The molecule has 1 N–H and O–H groups in total. The Morgan fingerprint density at radius 3 is 2.53 bits per heavy atom. The van der Waals surface area contributed by atoms with E-state index in [-0.39, 0.29) is 23.9 Å². The van der Waals surface area contributed by atoms with Crippen LogP contribution in [0.25, 0.3) is 0 Å². The number of halogens is 1. The van der Waals surface area contributed by atoms with Crippen molar-refractivity contribution in [1.29, 1.82) is 0 Å². The monoisotopic (exact) mass is 431 g/mol. The van der Waals surface area contributed by atoms with Crippen molar-refractivity contribution in [2.24, 2.45) is 0 Å². The zero-order valence-electron chi connectivity index (χ0n) is 17.7. The van der Waals surface area contributed by atoms with Crippen molar-refractivity contribution in [2.75, 3.05) is 0 Å². The zero-order chi connectivity index (χ0) is 22.1. The van der Waals surface area contributed by atoms with Crippen LogP contribution >= 0.6 is 11.3 Å². The summed E-state index contributed by atoms with van der Waals surface area (Å²) in [5.41, 5.74) is 2.74. The Morgan fingerprint density at radius 2 is 2.03 bits per heavy atom. The van der Waals surface area contributed by atoms with Crippen molar-refractivity contribution in [3.8, 4) is 0 Å². The highest BCUT2D eigenvalue weighted by atomic mass is 32.1. The molecular weight excluding hydrogens is 401 g/mol. The van der Waals surface area contributed by atoms with Gasteiger partial charge in [-0.3, -0.25) is 14.5 Å². The van der Waals surface area contributed by atoms with Gasteiger partial charge in [0.2, 0.25) is 11.8 Å². The molecule has 0 aliphatic heterocycles. The van der Waals surface area contributed by atoms with E-state index in [1.807, 2.05) is 0 Å². The summed E-state index contributed by atoms with van der Waals surface area (Å²) in [6.07, 6.45) is 9.47. The number of carbonyl (C=O) groups is 2. The number of nitrogens with zero attached hydrogens (tertiary/aromatic N) is 2. The Hall–Kier alpha value is -2.54. The van der Waals surface area contributed by atoms with Crippen LogP contribution in [0.3, 0.4) is 0 Å². The molecule has 7 heteroatoms. The first-order valence-corrected chi connectivity index (χ1v) is 11.1. The predicted octanol–water partition coefficient (Wildman–Crippen LogP) is 4.85. The Kier molecular flexibility index (Phi) is 9.17. The SMILES string of the molecule is C=CC(=CC)N(C(=O)Cc1cscn1)C(C(=O)NC1CCCCC1)C(C=C)=C(C)F. The second kappa shape index (κ2) is 11.6. The van der Waals surface area contributed by atoms with Crippen LogP contribution in [0.15, 0.2) is 59.4 Å². The number of aromatic nitrogens is 1. The molecule has 1 aromatic rings. The zero-order valence-corrected chi connectivity index (χ0v) is 18.5. The highest BCUT2D eigenvalue weighted by Crippen LogP contribution is 2.25. The summed E-state index contributed by atoms with van der Waals surface area (Å²) >= 11 is 1.39. The molecule has 2 rings (SSSR count). The van der Waals surface area contributed by atoms with E-state index in [1.54, 1.807) is 23.9 Å². The molecule has 2 amide bonds. The lowest BCUT2D eigenvalue weighted by atomic mass is 9.94. The van der Waals surface area contributed by atoms with Crippen LogP contribution in [0.1, 0.15) is 51.6 Å². The summed E-state index contributed by atoms with van der Waals surface area (Å²) in [6, 6.07) is -1.15. The van der Waals surface area contributed by atoms with Crippen LogP contribution < -0.4 is 5.32 Å². The van der Waals surface area contributed by atoms with E-state index in [4.69, 9.17) is 0 Å². The number of nitrogens with one attached hydrogen (secondary N) is 1. The van der Waals surface area contributed by atoms with Crippen molar-refractivity contribution < 1.29 is 14.0 Å². The number of amides is 2. The molecule has 5 nitrogen and oxygen atoms in total. The van der Waals surface area contributed by atoms with Gasteiger partial charge in [-0.25, -0.2) is 9.37 Å². The molecule has 1 aliphatic carbocycles. The Labute approximate surface area is 182 Å². The van der Waals surface area contributed by atoms with Crippen molar-refractivity contribution in [3.05, 3.63) is 65.1 Å². The smallest absolute Gasteiger partial charge is 0.248 e. The molecule has 30 heavy (non-hydrogen) atoms. The average molecular weight is 432 g/mol. The van der Waals surface area contributed by atoms with Crippen molar-refractivity contribution in [3.63, 3.8) is 0 Å². The maximum absolute atomic E-state index is 14.5. The largest absolute Gasteiger partial charge is 0.351 e. The first-order chi connectivity index (χ1) is 14.4. The number of hydrogen-bond donors (Lipinski definition) is 1. The molecule has 0 spiro atoms. The minimum Gasteiger partial charge on any atom is -0.351 e. The third kappa shape index (κ3) is 5.98. The summed E-state index contributed by atoms with van der Waals surface area (Å²) in [5.74, 6) is -1.33. The summed E-state index contributed by atoms with van der Waals surface area (Å²) in [7, 11) is 0. The third-order valence-electron chi connectivity index (χ3n) is 5.24. The normalized spacial score (nSPS) is 17.0. The summed E-state index contributed by atoms with van der Waals surface area (Å²) in [4.78, 5) is 32.1. The molecule has 1 atom stereocenters. The van der Waals surface area contributed by atoms with Gasteiger partial charge in [0.1, 0.15) is 11.9 Å². The van der Waals surface area contributed by atoms with Crippen molar-refractivity contribution >= 4 is 23.2 Å². The van der Waals surface area contributed by atoms with Gasteiger partial charge in [-0.15, -0.1) is 11.3 Å². The van der Waals surface area contributed by atoms with Gasteiger partial charge >= 0.3 is 0 Å². The van der Waals surface area contributed by atoms with Gasteiger partial charge in [0.25, 0.3) is 0 Å². The molecule has 1 aliphatic rings. The Bertz CT molecular complexity index is 820. The van der Waals surface area contributed by atoms with Crippen LogP contribution in [0.2, 0.25) is 0 Å². The minimum atomic E-state index is -1.18. The van der Waals surface area contributed by atoms with Crippen LogP contribution in [-0.2, 0) is 16.0 Å². The summed E-state index contributed by atoms with van der Waals surface area (Å²) in [5, 5.41) is 4.81. The molecular formula is C23H30FN3O2S. The van der Waals surface area contributed by atoms with E-state index >= 15 is 0 Å². The van der Waals surface area contributed by atoms with Gasteiger partial charge in [-0.05, 0) is 32.8 Å². The van der Waals surface area contributed by atoms with E-state index in [9.17, 15) is 14.0 Å². The molecule has 1 saturated carbocycles. The molecule has 1 fully saturated rings. The van der Waals surface area contributed by atoms with E-state index < -0.39 is 17.8 Å². The van der Waals surface area contributed by atoms with Gasteiger partial charge in [-0.2, -0.15) is 0 Å². The lowest BCUT2D eigenvalue weighted by molar-refractivity contribution is -0.136. The molecule has 1 unspecified atom stereocenters. The number of hydrogen-bond acceptors (Lipinski definition) is 4. The van der Waals surface area contributed by atoms with Crippen molar-refractivity contribution in [2.45, 2.75) is 64.5 Å². The minimum absolute atomic E-state index is 0.00234. The van der Waals surface area contributed by atoms with E-state index in [1.165, 1.54) is 35.3 Å². The second-order valence-electron chi connectivity index (χ2n) is 7.28. The fourth-order valence-corrected chi connectivity index (χ4v) is 4.28. The molecule has 0 saturated heterocycles. The molecule has 0 bridgehead atoms. The number of carbonyl (C=O) groups excluding carboxylic acids is 2. The van der Waals surface area contributed by atoms with E-state index in [0.29, 0.717) is 11.4 Å². The molecule has 0 radical (unpaired) electrons. The number of allylic oxidation sites excluding steroid dienone is 3. The first kappa shape index (κ1) is 23.7. The van der Waals surface area contributed by atoms with Crippen LogP contribution in [-0.4, -0.2) is 33.8 Å². The van der Waals surface area contributed by atoms with Crippen LogP contribution in [0.5, 0.6) is 0 Å². The van der Waals surface area contributed by atoms with E-state index in [2.05, 4.69) is 23.5 Å². The Morgan fingerprint density at radius 1 is 1.33 bits per heavy atom. The third-order valence-corrected chi connectivity index (χ3v) is 5.87. The molecule has 1 heterocycles. The average Bonchev–Trinajstić information content (AvgIpc) is 3.24. The molecule has 1 aromatic heterocycles. The summed E-state index contributed by atoms with van der Waals surface area (Å²) in [6.45, 7) is 10.5. The van der Waals surface area contributed by atoms with Gasteiger partial charge in [0, 0.05) is 22.7 Å². The number of thiazole rings is 1. The molecule has 0 aromatic carbocycles. The first-order valence-electron chi connectivity index (χ1n) is 10.2. The fourth-order valence-electron chi connectivity index (χ4n) is 3.72. The topological polar surface area (TPSA) is 62.3 Å². The van der Waals surface area contributed by atoms with Gasteiger partial charge in [-0.1, -0.05) is 44.6 Å². The standard InChI is InChI=1S/C23H30FN3O2S/c1-5-19(6-2)27(21(28)13-18-14-30-15-25-18)22(20(7-3)16(4)24)23(29)26-17-11-9-8-10-12-17/h5-7,14-15,17,22H,1,3,8-13H2,2,4H3,(H,26,29). The van der Waals surface area contributed by atoms with Crippen molar-refractivity contribution in [1.82, 2.24) is 15.2 Å². The maximum Gasteiger partial charge on any atom is 0.248 e. The van der Waals surface area contributed by atoms with Crippen LogP contribution in [0.4, 0.5) is 4.39 Å². The molecule has 162 valence electrons. The highest BCUT2D eigenvalue weighted by Gasteiger charge is 2.36. The summed E-state index contributed by atoms with van der Waals surface area (Å²) < 4.78 is 14.5.